The fraction of sp³-hybridized carbons (Fsp3) is 0.640. The lowest BCUT2D eigenvalue weighted by Crippen LogP contribution is -2.54. The third kappa shape index (κ3) is 4.06. The Morgan fingerprint density at radius 3 is 2.62 bits per heavy atom. The Morgan fingerprint density at radius 2 is 1.97 bits per heavy atom. The van der Waals surface area contributed by atoms with Gasteiger partial charge in [0.1, 0.15) is 11.8 Å². The zero-order valence-corrected chi connectivity index (χ0v) is 20.8. The van der Waals surface area contributed by atoms with E-state index in [1.807, 2.05) is 0 Å². The van der Waals surface area contributed by atoms with E-state index >= 15 is 0 Å². The minimum atomic E-state index is -0.675. The molecular formula is C25H34N2O6S. The molecule has 3 aliphatic rings. The van der Waals surface area contributed by atoms with Gasteiger partial charge in [-0.2, -0.15) is 0 Å². The van der Waals surface area contributed by atoms with E-state index in [1.165, 1.54) is 0 Å². The van der Waals surface area contributed by atoms with Gasteiger partial charge >= 0.3 is 5.97 Å². The predicted molar refractivity (Wildman–Crippen MR) is 130 cm³/mol. The second-order valence-corrected chi connectivity index (χ2v) is 10.9. The molecule has 3 aliphatic heterocycles. The number of aliphatic hydroxyl groups is 1. The molecule has 34 heavy (non-hydrogen) atoms. The summed E-state index contributed by atoms with van der Waals surface area (Å²) in [5, 5.41) is 12.1. The van der Waals surface area contributed by atoms with Gasteiger partial charge in [0.15, 0.2) is 0 Å². The van der Waals surface area contributed by atoms with Gasteiger partial charge in [0.25, 0.3) is 0 Å². The minimum absolute atomic E-state index is 0.0178. The van der Waals surface area contributed by atoms with Crippen LogP contribution in [0.2, 0.25) is 0 Å². The van der Waals surface area contributed by atoms with Crippen molar-refractivity contribution in [2.75, 3.05) is 32.2 Å². The summed E-state index contributed by atoms with van der Waals surface area (Å²) < 4.78 is 9.91. The molecule has 8 nitrogen and oxygen atoms in total. The number of aliphatic hydroxyl groups excluding tert-OH is 1. The molecule has 2 bridgehead atoms. The highest BCUT2D eigenvalue weighted by atomic mass is 32.2. The van der Waals surface area contributed by atoms with Crippen molar-refractivity contribution >= 4 is 35.2 Å². The Labute approximate surface area is 204 Å². The molecule has 4 rings (SSSR count). The van der Waals surface area contributed by atoms with Crippen molar-refractivity contribution in [2.45, 2.75) is 55.6 Å². The zero-order chi connectivity index (χ0) is 24.5. The maximum absolute atomic E-state index is 13.8. The summed E-state index contributed by atoms with van der Waals surface area (Å²) in [5.74, 6) is -0.970. The zero-order valence-electron chi connectivity index (χ0n) is 20.0. The van der Waals surface area contributed by atoms with Crippen molar-refractivity contribution in [3.63, 3.8) is 0 Å². The fourth-order valence-corrected chi connectivity index (χ4v) is 8.43. The van der Waals surface area contributed by atoms with Crippen molar-refractivity contribution in [1.29, 1.82) is 0 Å². The second-order valence-electron chi connectivity index (χ2n) is 9.34. The first kappa shape index (κ1) is 24.9. The molecule has 9 heteroatoms. The Balaban J connectivity index is 1.66. The van der Waals surface area contributed by atoms with E-state index in [4.69, 9.17) is 14.6 Å². The lowest BCUT2D eigenvalue weighted by Gasteiger charge is -2.38. The van der Waals surface area contributed by atoms with Crippen molar-refractivity contribution in [1.82, 2.24) is 4.90 Å². The normalized spacial score (nSPS) is 31.5. The molecule has 6 atom stereocenters. The molecule has 2 N–H and O–H groups in total. The van der Waals surface area contributed by atoms with Crippen molar-refractivity contribution in [2.24, 2.45) is 17.8 Å². The standard InChI is InChI=1S/C25H34N2O6S/c1-4-33-24(31)19-18-14-15(2)25(34-18)20(19)23(30)27(12-6-5-7-13-28)21(25)22(29)26-16-8-10-17(32-3)11-9-16/h8-11,15,18-21,28H,4-7,12-14H2,1-3H3,(H,26,29)/t15?,18-,19+,20+,21?,25?/m1/s1. The number of thioether (sulfide) groups is 1. The quantitative estimate of drug-likeness (QED) is 0.384. The molecule has 3 fully saturated rings. The molecule has 1 spiro atoms. The van der Waals surface area contributed by atoms with Crippen molar-refractivity contribution < 1.29 is 29.0 Å². The van der Waals surface area contributed by atoms with E-state index in [-0.39, 0.29) is 42.2 Å². The number of fused-ring (bicyclic) bond motifs is 1. The van der Waals surface area contributed by atoms with Crippen LogP contribution >= 0.6 is 11.8 Å². The number of amides is 2. The maximum Gasteiger partial charge on any atom is 0.310 e. The summed E-state index contributed by atoms with van der Waals surface area (Å²) in [7, 11) is 1.58. The van der Waals surface area contributed by atoms with Crippen molar-refractivity contribution in [3.05, 3.63) is 24.3 Å². The first-order valence-corrected chi connectivity index (χ1v) is 13.0. The number of ether oxygens (including phenoxy) is 2. The molecule has 3 heterocycles. The number of esters is 1. The smallest absolute Gasteiger partial charge is 0.310 e. The Bertz CT molecular complexity index is 924. The molecule has 3 unspecified atom stereocenters. The van der Waals surface area contributed by atoms with Crippen LogP contribution in [-0.4, -0.2) is 70.7 Å². The van der Waals surface area contributed by atoms with Crippen LogP contribution in [0.5, 0.6) is 5.75 Å². The second kappa shape index (κ2) is 10.2. The fourth-order valence-electron chi connectivity index (χ4n) is 6.02. The van der Waals surface area contributed by atoms with E-state index in [9.17, 15) is 14.4 Å². The predicted octanol–water partition coefficient (Wildman–Crippen LogP) is 2.70. The van der Waals surface area contributed by atoms with E-state index < -0.39 is 22.6 Å². The van der Waals surface area contributed by atoms with E-state index in [0.29, 0.717) is 30.8 Å². The van der Waals surface area contributed by atoms with Gasteiger partial charge in [-0.1, -0.05) is 6.92 Å². The highest BCUT2D eigenvalue weighted by molar-refractivity contribution is 8.02. The highest BCUT2D eigenvalue weighted by Gasteiger charge is 2.76. The summed E-state index contributed by atoms with van der Waals surface area (Å²) in [6.07, 6.45) is 2.88. The van der Waals surface area contributed by atoms with Crippen LogP contribution in [0.15, 0.2) is 24.3 Å². The molecule has 3 saturated heterocycles. The highest BCUT2D eigenvalue weighted by Crippen LogP contribution is 2.68. The number of anilines is 1. The van der Waals surface area contributed by atoms with E-state index in [1.54, 1.807) is 55.0 Å². The van der Waals surface area contributed by atoms with Crippen LogP contribution < -0.4 is 10.1 Å². The lowest BCUT2D eigenvalue weighted by atomic mass is 9.66. The van der Waals surface area contributed by atoms with E-state index in [0.717, 1.165) is 12.8 Å². The number of methoxy groups -OCH3 is 1. The summed E-state index contributed by atoms with van der Waals surface area (Å²) in [4.78, 5) is 42.2. The topological polar surface area (TPSA) is 105 Å². The Kier molecular flexibility index (Phi) is 7.42. The molecule has 0 aromatic heterocycles. The van der Waals surface area contributed by atoms with Crippen LogP contribution in [0.3, 0.4) is 0 Å². The van der Waals surface area contributed by atoms with E-state index in [2.05, 4.69) is 12.2 Å². The van der Waals surface area contributed by atoms with Gasteiger partial charge in [-0.25, -0.2) is 0 Å². The first-order chi connectivity index (χ1) is 16.4. The Hall–Kier alpha value is -2.26. The number of carbonyl (C=O) groups excluding carboxylic acids is 3. The molecule has 0 aliphatic carbocycles. The number of benzene rings is 1. The number of rotatable bonds is 10. The summed E-state index contributed by atoms with van der Waals surface area (Å²) in [5.41, 5.74) is 0.630. The molecule has 0 radical (unpaired) electrons. The minimum Gasteiger partial charge on any atom is -0.497 e. The number of carbonyl (C=O) groups is 3. The molecule has 186 valence electrons. The van der Waals surface area contributed by atoms with Gasteiger partial charge in [-0.05, 0) is 62.8 Å². The number of likely N-dealkylation sites (tertiary alicyclic amines) is 1. The summed E-state index contributed by atoms with van der Waals surface area (Å²) in [6.45, 7) is 4.65. The van der Waals surface area contributed by atoms with Gasteiger partial charge < -0.3 is 24.8 Å². The third-order valence-corrected chi connectivity index (χ3v) is 9.54. The lowest BCUT2D eigenvalue weighted by molar-refractivity contribution is -0.154. The Morgan fingerprint density at radius 1 is 1.24 bits per heavy atom. The maximum atomic E-state index is 13.8. The summed E-state index contributed by atoms with van der Waals surface area (Å²) in [6, 6.07) is 6.43. The molecule has 0 saturated carbocycles. The third-order valence-electron chi connectivity index (χ3n) is 7.47. The van der Waals surface area contributed by atoms with Crippen molar-refractivity contribution in [3.8, 4) is 5.75 Å². The van der Waals surface area contributed by atoms with Crippen LogP contribution in [0, 0.1) is 17.8 Å². The van der Waals surface area contributed by atoms with Gasteiger partial charge in [-0.3, -0.25) is 14.4 Å². The molecule has 2 amide bonds. The van der Waals surface area contributed by atoms with Crippen LogP contribution in [0.25, 0.3) is 0 Å². The monoisotopic (exact) mass is 490 g/mol. The number of unbranched alkanes of at least 4 members (excludes halogenated alkanes) is 2. The molecular weight excluding hydrogens is 456 g/mol. The van der Waals surface area contributed by atoms with Crippen LogP contribution in [0.4, 0.5) is 5.69 Å². The largest absolute Gasteiger partial charge is 0.497 e. The summed E-state index contributed by atoms with van der Waals surface area (Å²) >= 11 is 1.64. The van der Waals surface area contributed by atoms with Crippen LogP contribution in [0.1, 0.15) is 39.5 Å². The van der Waals surface area contributed by atoms with Gasteiger partial charge in [-0.15, -0.1) is 11.8 Å². The molecule has 1 aromatic rings. The SMILES string of the molecule is CCOC(=O)[C@@H]1[C@H]2C(=O)N(CCCCCO)C(C(=O)Nc3ccc(OC)cc3)C23S[C@@H]1CC3C. The number of nitrogens with one attached hydrogen (secondary N) is 1. The average Bonchev–Trinajstić information content (AvgIpc) is 3.41. The van der Waals surface area contributed by atoms with Gasteiger partial charge in [0, 0.05) is 24.1 Å². The molecule has 1 aromatic carbocycles. The van der Waals surface area contributed by atoms with Gasteiger partial charge in [0.2, 0.25) is 11.8 Å². The van der Waals surface area contributed by atoms with Gasteiger partial charge in [0.05, 0.1) is 30.3 Å². The average molecular weight is 491 g/mol. The number of hydrogen-bond acceptors (Lipinski definition) is 7. The first-order valence-electron chi connectivity index (χ1n) is 12.1. The van der Waals surface area contributed by atoms with Crippen LogP contribution in [-0.2, 0) is 19.1 Å². The number of hydrogen-bond donors (Lipinski definition) is 2. The number of nitrogens with zero attached hydrogens (tertiary/aromatic N) is 1.